The summed E-state index contributed by atoms with van der Waals surface area (Å²) in [5, 5.41) is 3.34. The number of H-pyrrole nitrogens is 1. The largest absolute Gasteiger partial charge is 0.368 e. The molecular weight excluding hydrogens is 254 g/mol. The zero-order valence-electron chi connectivity index (χ0n) is 13.5. The summed E-state index contributed by atoms with van der Waals surface area (Å²) in [4.78, 5) is 19.2. The molecule has 0 aliphatic heterocycles. The first-order valence-corrected chi connectivity index (χ1v) is 7.20. The van der Waals surface area contributed by atoms with Crippen LogP contribution in [0.4, 0.5) is 0 Å². The Balaban J connectivity index is 3.05. The molecule has 0 bridgehead atoms. The highest BCUT2D eigenvalue weighted by molar-refractivity contribution is 5.08. The van der Waals surface area contributed by atoms with Gasteiger partial charge in [-0.25, -0.2) is 4.98 Å². The average molecular weight is 281 g/mol. The lowest BCUT2D eigenvalue weighted by Gasteiger charge is -2.27. The van der Waals surface area contributed by atoms with E-state index >= 15 is 0 Å². The zero-order valence-corrected chi connectivity index (χ0v) is 13.5. The lowest BCUT2D eigenvalue weighted by molar-refractivity contribution is -0.0393. The molecule has 0 saturated heterocycles. The number of hydrogen-bond donors (Lipinski definition) is 2. The number of nitrogens with one attached hydrogen (secondary N) is 2. The first-order valence-electron chi connectivity index (χ1n) is 7.20. The van der Waals surface area contributed by atoms with Gasteiger partial charge in [-0.2, -0.15) is 0 Å². The minimum absolute atomic E-state index is 0.0155. The monoisotopic (exact) mass is 281 g/mol. The fourth-order valence-corrected chi connectivity index (χ4v) is 1.86. The lowest BCUT2D eigenvalue weighted by atomic mass is 10.0. The molecular formula is C15H27N3O2. The van der Waals surface area contributed by atoms with Crippen molar-refractivity contribution in [3.05, 3.63) is 27.9 Å². The third-order valence-corrected chi connectivity index (χ3v) is 3.23. The summed E-state index contributed by atoms with van der Waals surface area (Å²) in [5.41, 5.74) is 0.0301. The third-order valence-electron chi connectivity index (χ3n) is 3.23. The number of nitrogens with zero attached hydrogens (tertiary/aromatic N) is 1. The summed E-state index contributed by atoms with van der Waals surface area (Å²) in [6.45, 7) is 13.3. The molecule has 5 heteroatoms. The van der Waals surface area contributed by atoms with Crippen LogP contribution in [-0.4, -0.2) is 22.1 Å². The highest BCUT2D eigenvalue weighted by atomic mass is 16.5. The van der Waals surface area contributed by atoms with Crippen molar-refractivity contribution in [2.75, 3.05) is 6.61 Å². The first-order chi connectivity index (χ1) is 9.20. The number of aromatic nitrogens is 2. The molecule has 0 aromatic carbocycles. The van der Waals surface area contributed by atoms with E-state index in [4.69, 9.17) is 4.74 Å². The van der Waals surface area contributed by atoms with E-state index in [-0.39, 0.29) is 11.1 Å². The standard InChI is InChI=1S/C15H27N3O2/c1-7-15(6,20-8-2)13-17-11(9-12(19)18-13)10-16-14(3,4)5/h9,16H,7-8,10H2,1-6H3,(H,17,18,19). The van der Waals surface area contributed by atoms with Gasteiger partial charge in [-0.15, -0.1) is 0 Å². The van der Waals surface area contributed by atoms with Crippen molar-refractivity contribution in [2.45, 2.75) is 65.6 Å². The van der Waals surface area contributed by atoms with E-state index in [2.05, 4.69) is 36.1 Å². The van der Waals surface area contributed by atoms with Crippen LogP contribution in [0.2, 0.25) is 0 Å². The van der Waals surface area contributed by atoms with Gasteiger partial charge in [0, 0.05) is 24.8 Å². The molecule has 0 aliphatic rings. The summed E-state index contributed by atoms with van der Waals surface area (Å²) in [7, 11) is 0. The molecule has 1 heterocycles. The van der Waals surface area contributed by atoms with Crippen molar-refractivity contribution >= 4 is 0 Å². The van der Waals surface area contributed by atoms with E-state index in [1.165, 1.54) is 6.07 Å². The predicted octanol–water partition coefficient (Wildman–Crippen LogP) is 2.32. The highest BCUT2D eigenvalue weighted by Crippen LogP contribution is 2.25. The van der Waals surface area contributed by atoms with E-state index in [0.29, 0.717) is 19.0 Å². The Labute approximate surface area is 121 Å². The summed E-state index contributed by atoms with van der Waals surface area (Å²) in [5.74, 6) is 0.597. The number of ether oxygens (including phenoxy) is 1. The number of rotatable bonds is 6. The Morgan fingerprint density at radius 2 is 1.95 bits per heavy atom. The van der Waals surface area contributed by atoms with Crippen LogP contribution in [0.1, 0.15) is 59.5 Å². The fourth-order valence-electron chi connectivity index (χ4n) is 1.86. The molecule has 1 unspecified atom stereocenters. The van der Waals surface area contributed by atoms with Gasteiger partial charge in [0.25, 0.3) is 5.56 Å². The smallest absolute Gasteiger partial charge is 0.251 e. The lowest BCUT2D eigenvalue weighted by Crippen LogP contribution is -2.36. The van der Waals surface area contributed by atoms with E-state index in [0.717, 1.165) is 12.1 Å². The summed E-state index contributed by atoms with van der Waals surface area (Å²) < 4.78 is 5.77. The molecule has 0 aliphatic carbocycles. The van der Waals surface area contributed by atoms with Crippen molar-refractivity contribution in [2.24, 2.45) is 0 Å². The van der Waals surface area contributed by atoms with Crippen LogP contribution < -0.4 is 10.9 Å². The van der Waals surface area contributed by atoms with Gasteiger partial charge in [0.2, 0.25) is 0 Å². The third kappa shape index (κ3) is 4.72. The SMILES string of the molecule is CCOC(C)(CC)c1nc(CNC(C)(C)C)cc(=O)[nH]1. The van der Waals surface area contributed by atoms with Crippen molar-refractivity contribution < 1.29 is 4.74 Å². The number of aromatic amines is 1. The van der Waals surface area contributed by atoms with E-state index in [1.54, 1.807) is 0 Å². The highest BCUT2D eigenvalue weighted by Gasteiger charge is 2.28. The summed E-state index contributed by atoms with van der Waals surface area (Å²) in [6, 6.07) is 1.53. The van der Waals surface area contributed by atoms with Crippen LogP contribution >= 0.6 is 0 Å². The van der Waals surface area contributed by atoms with Crippen molar-refractivity contribution in [3.63, 3.8) is 0 Å². The molecule has 20 heavy (non-hydrogen) atoms. The molecule has 2 N–H and O–H groups in total. The van der Waals surface area contributed by atoms with E-state index in [1.807, 2.05) is 20.8 Å². The van der Waals surface area contributed by atoms with Crippen LogP contribution in [0, 0.1) is 0 Å². The Bertz CT molecular complexity index is 491. The molecule has 0 amide bonds. The van der Waals surface area contributed by atoms with Gasteiger partial charge < -0.3 is 15.0 Å². The van der Waals surface area contributed by atoms with E-state index < -0.39 is 5.60 Å². The van der Waals surface area contributed by atoms with Crippen molar-refractivity contribution in [3.8, 4) is 0 Å². The van der Waals surface area contributed by atoms with Crippen LogP contribution in [0.15, 0.2) is 10.9 Å². The fraction of sp³-hybridized carbons (Fsp3) is 0.733. The maximum Gasteiger partial charge on any atom is 0.251 e. The van der Waals surface area contributed by atoms with Crippen LogP contribution in [0.3, 0.4) is 0 Å². The Morgan fingerprint density at radius 3 is 2.45 bits per heavy atom. The quantitative estimate of drug-likeness (QED) is 0.839. The summed E-state index contributed by atoms with van der Waals surface area (Å²) >= 11 is 0. The van der Waals surface area contributed by atoms with Crippen LogP contribution in [0.25, 0.3) is 0 Å². The molecule has 1 aromatic rings. The van der Waals surface area contributed by atoms with Gasteiger partial charge in [-0.3, -0.25) is 4.79 Å². The van der Waals surface area contributed by atoms with Gasteiger partial charge >= 0.3 is 0 Å². The summed E-state index contributed by atoms with van der Waals surface area (Å²) in [6.07, 6.45) is 0.750. The van der Waals surface area contributed by atoms with Gasteiger partial charge in [0.15, 0.2) is 0 Å². The number of hydrogen-bond acceptors (Lipinski definition) is 4. The Kier molecular flexibility index (Phi) is 5.48. The molecule has 1 atom stereocenters. The average Bonchev–Trinajstić information content (AvgIpc) is 2.35. The molecule has 1 aromatic heterocycles. The second-order valence-electron chi connectivity index (χ2n) is 6.21. The maximum absolute atomic E-state index is 11.8. The molecule has 5 nitrogen and oxygen atoms in total. The molecule has 0 spiro atoms. The Morgan fingerprint density at radius 1 is 1.30 bits per heavy atom. The van der Waals surface area contributed by atoms with Crippen molar-refractivity contribution in [1.29, 1.82) is 0 Å². The molecule has 114 valence electrons. The topological polar surface area (TPSA) is 67.0 Å². The van der Waals surface area contributed by atoms with Gasteiger partial charge in [-0.1, -0.05) is 6.92 Å². The first kappa shape index (κ1) is 16.9. The molecule has 0 fully saturated rings. The molecule has 0 saturated carbocycles. The predicted molar refractivity (Wildman–Crippen MR) is 80.7 cm³/mol. The molecule has 0 radical (unpaired) electrons. The molecule has 1 rings (SSSR count). The van der Waals surface area contributed by atoms with Gasteiger partial charge in [0.05, 0.1) is 5.69 Å². The second-order valence-corrected chi connectivity index (χ2v) is 6.21. The Hall–Kier alpha value is -1.20. The van der Waals surface area contributed by atoms with Crippen molar-refractivity contribution in [1.82, 2.24) is 15.3 Å². The normalized spacial score (nSPS) is 15.1. The van der Waals surface area contributed by atoms with E-state index in [9.17, 15) is 4.79 Å². The maximum atomic E-state index is 11.8. The van der Waals surface area contributed by atoms with Gasteiger partial charge in [-0.05, 0) is 41.0 Å². The van der Waals surface area contributed by atoms with Gasteiger partial charge in [0.1, 0.15) is 11.4 Å². The zero-order chi connectivity index (χ0) is 15.4. The minimum atomic E-state index is -0.550. The minimum Gasteiger partial charge on any atom is -0.368 e. The van der Waals surface area contributed by atoms with Crippen LogP contribution in [0.5, 0.6) is 0 Å². The van der Waals surface area contributed by atoms with Crippen LogP contribution in [-0.2, 0) is 16.9 Å². The second kappa shape index (κ2) is 6.50.